The molecule has 1 atom stereocenters. The van der Waals surface area contributed by atoms with E-state index in [4.69, 9.17) is 9.15 Å². The molecule has 120 valence electrons. The van der Waals surface area contributed by atoms with E-state index in [0.717, 1.165) is 19.4 Å². The molecular weight excluding hydrogens is 320 g/mol. The number of sulfonamides is 1. The van der Waals surface area contributed by atoms with Gasteiger partial charge in [0.15, 0.2) is 0 Å². The van der Waals surface area contributed by atoms with Gasteiger partial charge in [0.1, 0.15) is 0 Å². The number of halogens is 1. The van der Waals surface area contributed by atoms with Gasteiger partial charge in [-0.25, -0.2) is 17.9 Å². The van der Waals surface area contributed by atoms with Crippen LogP contribution >= 0.6 is 12.4 Å². The van der Waals surface area contributed by atoms with E-state index in [-0.39, 0.29) is 35.9 Å². The molecule has 1 saturated heterocycles. The molecule has 0 radical (unpaired) electrons. The molecule has 9 heteroatoms. The molecule has 21 heavy (non-hydrogen) atoms. The standard InChI is InChI=1S/C12H18N2O5S.ClH/c1-2-18-12(15)10-5-6-11(19-10)20(16,17)14-9-4-3-7-13-8-9;/h5-6,9,13-14H,2-4,7-8H2,1H3;1H. The maximum Gasteiger partial charge on any atom is 0.374 e. The molecule has 1 aromatic heterocycles. The van der Waals surface area contributed by atoms with Gasteiger partial charge in [0.05, 0.1) is 6.61 Å². The monoisotopic (exact) mass is 338 g/mol. The number of rotatable bonds is 5. The lowest BCUT2D eigenvalue weighted by Crippen LogP contribution is -2.45. The normalized spacial score (nSPS) is 18.8. The van der Waals surface area contributed by atoms with Crippen molar-refractivity contribution in [1.82, 2.24) is 10.0 Å². The molecular formula is C12H19ClN2O5S. The predicted octanol–water partition coefficient (Wildman–Crippen LogP) is 0.908. The molecule has 2 N–H and O–H groups in total. The van der Waals surface area contributed by atoms with Crippen molar-refractivity contribution >= 4 is 28.4 Å². The maximum atomic E-state index is 12.1. The van der Waals surface area contributed by atoms with Crippen LogP contribution in [0.5, 0.6) is 0 Å². The van der Waals surface area contributed by atoms with Crippen molar-refractivity contribution in [3.8, 4) is 0 Å². The van der Waals surface area contributed by atoms with Crippen molar-refractivity contribution in [2.24, 2.45) is 0 Å². The summed E-state index contributed by atoms with van der Waals surface area (Å²) < 4.78 is 36.6. The third kappa shape index (κ3) is 4.70. The highest BCUT2D eigenvalue weighted by Crippen LogP contribution is 2.16. The van der Waals surface area contributed by atoms with E-state index in [1.54, 1.807) is 6.92 Å². The minimum Gasteiger partial charge on any atom is -0.460 e. The van der Waals surface area contributed by atoms with Gasteiger partial charge >= 0.3 is 5.97 Å². The van der Waals surface area contributed by atoms with E-state index < -0.39 is 16.0 Å². The van der Waals surface area contributed by atoms with Gasteiger partial charge in [0, 0.05) is 12.6 Å². The van der Waals surface area contributed by atoms with Crippen LogP contribution in [0.2, 0.25) is 0 Å². The number of ether oxygens (including phenoxy) is 1. The smallest absolute Gasteiger partial charge is 0.374 e. The van der Waals surface area contributed by atoms with Gasteiger partial charge in [-0.05, 0) is 38.4 Å². The molecule has 0 bridgehead atoms. The third-order valence-electron chi connectivity index (χ3n) is 2.94. The number of hydrogen-bond donors (Lipinski definition) is 2. The molecule has 0 saturated carbocycles. The molecule has 1 aliphatic rings. The number of hydrogen-bond acceptors (Lipinski definition) is 6. The van der Waals surface area contributed by atoms with E-state index >= 15 is 0 Å². The topological polar surface area (TPSA) is 97.6 Å². The lowest BCUT2D eigenvalue weighted by molar-refractivity contribution is 0.0484. The second-order valence-electron chi connectivity index (χ2n) is 4.50. The second kappa shape index (κ2) is 7.79. The first kappa shape index (κ1) is 18.0. The first-order chi connectivity index (χ1) is 9.53. The van der Waals surface area contributed by atoms with Crippen LogP contribution in [-0.2, 0) is 14.8 Å². The fourth-order valence-corrected chi connectivity index (χ4v) is 3.21. The van der Waals surface area contributed by atoms with Gasteiger partial charge in [-0.1, -0.05) is 0 Å². The van der Waals surface area contributed by atoms with Crippen LogP contribution in [0.25, 0.3) is 0 Å². The van der Waals surface area contributed by atoms with Crippen molar-refractivity contribution in [2.45, 2.75) is 30.9 Å². The number of nitrogens with one attached hydrogen (secondary N) is 2. The van der Waals surface area contributed by atoms with E-state index in [1.807, 2.05) is 0 Å². The Bertz CT molecular complexity index is 566. The van der Waals surface area contributed by atoms with Crippen LogP contribution in [0.1, 0.15) is 30.3 Å². The summed E-state index contributed by atoms with van der Waals surface area (Å²) >= 11 is 0. The van der Waals surface area contributed by atoms with Crippen LogP contribution in [0.4, 0.5) is 0 Å². The number of esters is 1. The Morgan fingerprint density at radius 1 is 1.52 bits per heavy atom. The fraction of sp³-hybridized carbons (Fsp3) is 0.583. The summed E-state index contributed by atoms with van der Waals surface area (Å²) in [5.41, 5.74) is 0. The summed E-state index contributed by atoms with van der Waals surface area (Å²) in [5, 5.41) is 2.85. The molecule has 2 rings (SSSR count). The summed E-state index contributed by atoms with van der Waals surface area (Å²) in [7, 11) is -3.75. The van der Waals surface area contributed by atoms with Crippen molar-refractivity contribution in [2.75, 3.05) is 19.7 Å². The second-order valence-corrected chi connectivity index (χ2v) is 6.15. The molecule has 1 aromatic rings. The fourth-order valence-electron chi connectivity index (χ4n) is 2.01. The Morgan fingerprint density at radius 2 is 2.29 bits per heavy atom. The molecule has 0 aliphatic carbocycles. The SMILES string of the molecule is CCOC(=O)c1ccc(S(=O)(=O)NC2CCCNC2)o1.Cl. The molecule has 2 heterocycles. The summed E-state index contributed by atoms with van der Waals surface area (Å²) in [6.45, 7) is 3.35. The highest BCUT2D eigenvalue weighted by atomic mass is 35.5. The zero-order valence-electron chi connectivity index (χ0n) is 11.6. The zero-order valence-corrected chi connectivity index (χ0v) is 13.3. The Balaban J connectivity index is 0.00000220. The van der Waals surface area contributed by atoms with Gasteiger partial charge in [-0.2, -0.15) is 0 Å². The summed E-state index contributed by atoms with van der Waals surface area (Å²) in [4.78, 5) is 11.4. The van der Waals surface area contributed by atoms with E-state index in [9.17, 15) is 13.2 Å². The molecule has 0 spiro atoms. The first-order valence-electron chi connectivity index (χ1n) is 6.53. The van der Waals surface area contributed by atoms with Crippen molar-refractivity contribution in [3.63, 3.8) is 0 Å². The molecule has 0 amide bonds. The van der Waals surface area contributed by atoms with Gasteiger partial charge in [0.25, 0.3) is 10.0 Å². The van der Waals surface area contributed by atoms with E-state index in [0.29, 0.717) is 6.54 Å². The number of furan rings is 1. The molecule has 1 unspecified atom stereocenters. The minimum absolute atomic E-state index is 0. The Morgan fingerprint density at radius 3 is 2.90 bits per heavy atom. The third-order valence-corrected chi connectivity index (χ3v) is 4.33. The lowest BCUT2D eigenvalue weighted by atomic mass is 10.1. The van der Waals surface area contributed by atoms with Crippen LogP contribution in [-0.4, -0.2) is 40.1 Å². The Hall–Kier alpha value is -1.09. The summed E-state index contributed by atoms with van der Waals surface area (Å²) in [6.07, 6.45) is 1.69. The number of carbonyl (C=O) groups is 1. The van der Waals surface area contributed by atoms with Gasteiger partial charge in [-0.15, -0.1) is 12.4 Å². The minimum atomic E-state index is -3.75. The highest BCUT2D eigenvalue weighted by molar-refractivity contribution is 7.89. The Labute approximate surface area is 129 Å². The van der Waals surface area contributed by atoms with Crippen LogP contribution < -0.4 is 10.0 Å². The van der Waals surface area contributed by atoms with Crippen molar-refractivity contribution in [3.05, 3.63) is 17.9 Å². The Kier molecular flexibility index (Phi) is 6.66. The lowest BCUT2D eigenvalue weighted by Gasteiger charge is -2.22. The van der Waals surface area contributed by atoms with Gasteiger partial charge in [-0.3, -0.25) is 0 Å². The number of piperidine rings is 1. The maximum absolute atomic E-state index is 12.1. The average Bonchev–Trinajstić information content (AvgIpc) is 2.90. The molecule has 1 aliphatic heterocycles. The summed E-state index contributed by atoms with van der Waals surface area (Å²) in [6, 6.07) is 2.39. The zero-order chi connectivity index (χ0) is 14.6. The van der Waals surface area contributed by atoms with Crippen LogP contribution in [0.3, 0.4) is 0 Å². The first-order valence-corrected chi connectivity index (χ1v) is 8.01. The molecule has 1 fully saturated rings. The average molecular weight is 339 g/mol. The predicted molar refractivity (Wildman–Crippen MR) is 78.1 cm³/mol. The summed E-state index contributed by atoms with van der Waals surface area (Å²) in [5.74, 6) is -0.790. The molecule has 7 nitrogen and oxygen atoms in total. The van der Waals surface area contributed by atoms with E-state index in [1.165, 1.54) is 12.1 Å². The van der Waals surface area contributed by atoms with Crippen molar-refractivity contribution < 1.29 is 22.4 Å². The van der Waals surface area contributed by atoms with Crippen molar-refractivity contribution in [1.29, 1.82) is 0 Å². The van der Waals surface area contributed by atoms with Crippen LogP contribution in [0.15, 0.2) is 21.6 Å². The van der Waals surface area contributed by atoms with Crippen LogP contribution in [0, 0.1) is 0 Å². The molecule has 0 aromatic carbocycles. The quantitative estimate of drug-likeness (QED) is 0.774. The van der Waals surface area contributed by atoms with Gasteiger partial charge < -0.3 is 14.5 Å². The van der Waals surface area contributed by atoms with E-state index in [2.05, 4.69) is 10.0 Å². The number of carbonyl (C=O) groups excluding carboxylic acids is 1. The largest absolute Gasteiger partial charge is 0.460 e. The highest BCUT2D eigenvalue weighted by Gasteiger charge is 2.25. The van der Waals surface area contributed by atoms with Gasteiger partial charge in [0.2, 0.25) is 10.9 Å².